The van der Waals surface area contributed by atoms with E-state index in [1.165, 1.54) is 12.1 Å². The Bertz CT molecular complexity index is 421. The molecule has 1 rings (SSSR count). The number of aromatic nitrogens is 1. The lowest BCUT2D eigenvalue weighted by molar-refractivity contribution is -0.384. The number of pyridine rings is 1. The summed E-state index contributed by atoms with van der Waals surface area (Å²) in [5.41, 5.74) is 0.0357. The van der Waals surface area contributed by atoms with Crippen LogP contribution in [-0.2, 0) is 0 Å². The maximum absolute atomic E-state index is 10.8. The van der Waals surface area contributed by atoms with Crippen LogP contribution < -0.4 is 10.6 Å². The van der Waals surface area contributed by atoms with Gasteiger partial charge in [0.1, 0.15) is 11.6 Å². The van der Waals surface area contributed by atoms with Gasteiger partial charge in [0, 0.05) is 13.1 Å². The molecule has 1 unspecified atom stereocenters. The number of anilines is 2. The monoisotopic (exact) mass is 252 g/mol. The number of nitro groups is 1. The second-order valence-corrected chi connectivity index (χ2v) is 4.78. The van der Waals surface area contributed by atoms with Gasteiger partial charge < -0.3 is 10.6 Å². The summed E-state index contributed by atoms with van der Waals surface area (Å²) in [6.45, 7) is 6.32. The van der Waals surface area contributed by atoms with E-state index in [1.54, 1.807) is 7.05 Å². The van der Waals surface area contributed by atoms with E-state index in [1.807, 2.05) is 6.92 Å². The molecule has 0 saturated heterocycles. The van der Waals surface area contributed by atoms with Crippen LogP contribution in [0.2, 0.25) is 0 Å². The third-order valence-electron chi connectivity index (χ3n) is 2.50. The van der Waals surface area contributed by atoms with Crippen LogP contribution in [0.15, 0.2) is 12.1 Å². The highest BCUT2D eigenvalue weighted by atomic mass is 16.6. The minimum atomic E-state index is -0.416. The lowest BCUT2D eigenvalue weighted by atomic mass is 10.1. The minimum Gasteiger partial charge on any atom is -0.373 e. The van der Waals surface area contributed by atoms with Gasteiger partial charge in [-0.2, -0.15) is 0 Å². The van der Waals surface area contributed by atoms with Crippen molar-refractivity contribution in [3.63, 3.8) is 0 Å². The normalized spacial score (nSPS) is 12.3. The fourth-order valence-corrected chi connectivity index (χ4v) is 1.84. The number of hydrogen-bond donors (Lipinski definition) is 2. The van der Waals surface area contributed by atoms with E-state index in [9.17, 15) is 10.1 Å². The second-order valence-electron chi connectivity index (χ2n) is 4.78. The zero-order chi connectivity index (χ0) is 13.7. The van der Waals surface area contributed by atoms with Crippen molar-refractivity contribution >= 4 is 17.3 Å². The van der Waals surface area contributed by atoms with E-state index in [4.69, 9.17) is 0 Å². The number of rotatable bonds is 6. The Morgan fingerprint density at radius 3 is 2.44 bits per heavy atom. The molecule has 2 N–H and O–H groups in total. The van der Waals surface area contributed by atoms with E-state index < -0.39 is 4.92 Å². The lowest BCUT2D eigenvalue weighted by Crippen LogP contribution is -2.18. The van der Waals surface area contributed by atoms with Crippen molar-refractivity contribution in [2.24, 2.45) is 5.92 Å². The Morgan fingerprint density at radius 1 is 1.33 bits per heavy atom. The van der Waals surface area contributed by atoms with E-state index in [0.717, 1.165) is 6.42 Å². The van der Waals surface area contributed by atoms with Crippen molar-refractivity contribution in [2.45, 2.75) is 33.2 Å². The zero-order valence-corrected chi connectivity index (χ0v) is 11.2. The molecule has 1 aromatic rings. The molecule has 6 nitrogen and oxygen atoms in total. The van der Waals surface area contributed by atoms with Crippen LogP contribution in [0.1, 0.15) is 27.2 Å². The molecule has 0 aliphatic rings. The van der Waals surface area contributed by atoms with Gasteiger partial charge in [-0.3, -0.25) is 10.1 Å². The van der Waals surface area contributed by atoms with Crippen LogP contribution in [0, 0.1) is 16.0 Å². The molecule has 100 valence electrons. The van der Waals surface area contributed by atoms with Crippen LogP contribution in [0.3, 0.4) is 0 Å². The highest BCUT2D eigenvalue weighted by Gasteiger charge is 2.12. The van der Waals surface area contributed by atoms with Gasteiger partial charge >= 0.3 is 0 Å². The van der Waals surface area contributed by atoms with E-state index in [-0.39, 0.29) is 11.7 Å². The first-order valence-electron chi connectivity index (χ1n) is 6.03. The fraction of sp³-hybridized carbons (Fsp3) is 0.583. The van der Waals surface area contributed by atoms with Gasteiger partial charge in [0.05, 0.1) is 17.1 Å². The van der Waals surface area contributed by atoms with Crippen molar-refractivity contribution in [1.29, 1.82) is 0 Å². The second kappa shape index (κ2) is 6.18. The summed E-state index contributed by atoms with van der Waals surface area (Å²) >= 11 is 0. The summed E-state index contributed by atoms with van der Waals surface area (Å²) in [5, 5.41) is 16.8. The van der Waals surface area contributed by atoms with Crippen molar-refractivity contribution in [1.82, 2.24) is 4.98 Å². The highest BCUT2D eigenvalue weighted by molar-refractivity contribution is 5.54. The lowest BCUT2D eigenvalue weighted by Gasteiger charge is -2.16. The van der Waals surface area contributed by atoms with Crippen LogP contribution in [-0.4, -0.2) is 23.0 Å². The maximum Gasteiger partial charge on any atom is 0.276 e. The van der Waals surface area contributed by atoms with Gasteiger partial charge in [-0.15, -0.1) is 0 Å². The average molecular weight is 252 g/mol. The first-order chi connectivity index (χ1) is 8.42. The molecule has 0 spiro atoms. The molecule has 6 heteroatoms. The Labute approximate surface area is 107 Å². The van der Waals surface area contributed by atoms with Gasteiger partial charge in [0.2, 0.25) is 0 Å². The summed E-state index contributed by atoms with van der Waals surface area (Å²) in [6.07, 6.45) is 0.985. The molecule has 1 aromatic heterocycles. The molecule has 0 aromatic carbocycles. The smallest absolute Gasteiger partial charge is 0.276 e. The summed E-state index contributed by atoms with van der Waals surface area (Å²) in [7, 11) is 1.69. The van der Waals surface area contributed by atoms with Gasteiger partial charge in [0.25, 0.3) is 5.69 Å². The summed E-state index contributed by atoms with van der Waals surface area (Å²) < 4.78 is 0. The van der Waals surface area contributed by atoms with Gasteiger partial charge in [-0.25, -0.2) is 4.98 Å². The first-order valence-corrected chi connectivity index (χ1v) is 6.03. The summed E-state index contributed by atoms with van der Waals surface area (Å²) in [4.78, 5) is 14.6. The standard InChI is InChI=1S/C12H20N4O2/c1-8(2)5-9(3)14-12-7-10(16(17)18)6-11(13-4)15-12/h6-9H,5H2,1-4H3,(H2,13,14,15). The molecule has 1 atom stereocenters. The van der Waals surface area contributed by atoms with Gasteiger partial charge in [0.15, 0.2) is 0 Å². The van der Waals surface area contributed by atoms with Crippen LogP contribution in [0.25, 0.3) is 0 Å². The van der Waals surface area contributed by atoms with E-state index in [2.05, 4.69) is 29.5 Å². The van der Waals surface area contributed by atoms with E-state index in [0.29, 0.717) is 17.6 Å². The summed E-state index contributed by atoms with van der Waals surface area (Å²) in [6, 6.07) is 3.10. The Balaban J connectivity index is 2.87. The van der Waals surface area contributed by atoms with Gasteiger partial charge in [-0.05, 0) is 19.3 Å². The van der Waals surface area contributed by atoms with Crippen molar-refractivity contribution < 1.29 is 4.92 Å². The molecule has 18 heavy (non-hydrogen) atoms. The molecule has 1 heterocycles. The number of nitrogens with one attached hydrogen (secondary N) is 2. The summed E-state index contributed by atoms with van der Waals surface area (Å²) in [5.74, 6) is 1.58. The predicted molar refractivity (Wildman–Crippen MR) is 73.0 cm³/mol. The van der Waals surface area contributed by atoms with Gasteiger partial charge in [-0.1, -0.05) is 13.8 Å². The molecule has 0 radical (unpaired) electrons. The quantitative estimate of drug-likeness (QED) is 0.601. The Hall–Kier alpha value is -1.85. The molecule has 0 aliphatic heterocycles. The molecular weight excluding hydrogens is 232 g/mol. The van der Waals surface area contributed by atoms with Crippen LogP contribution in [0.5, 0.6) is 0 Å². The molecule has 0 saturated carbocycles. The molecular formula is C12H20N4O2. The van der Waals surface area contributed by atoms with Crippen molar-refractivity contribution in [3.05, 3.63) is 22.2 Å². The SMILES string of the molecule is CNc1cc([N+](=O)[O-])cc(NC(C)CC(C)C)n1. The topological polar surface area (TPSA) is 80.1 Å². The van der Waals surface area contributed by atoms with Crippen LogP contribution in [0.4, 0.5) is 17.3 Å². The Morgan fingerprint density at radius 2 is 1.94 bits per heavy atom. The molecule has 0 bridgehead atoms. The fourth-order valence-electron chi connectivity index (χ4n) is 1.84. The van der Waals surface area contributed by atoms with Crippen LogP contribution >= 0.6 is 0 Å². The first kappa shape index (κ1) is 14.2. The molecule has 0 amide bonds. The average Bonchev–Trinajstić information content (AvgIpc) is 2.27. The molecule has 0 fully saturated rings. The van der Waals surface area contributed by atoms with Crippen molar-refractivity contribution in [3.8, 4) is 0 Å². The highest BCUT2D eigenvalue weighted by Crippen LogP contribution is 2.21. The van der Waals surface area contributed by atoms with E-state index >= 15 is 0 Å². The number of hydrogen-bond acceptors (Lipinski definition) is 5. The predicted octanol–water partition coefficient (Wildman–Crippen LogP) is 2.88. The third-order valence-corrected chi connectivity index (χ3v) is 2.50. The molecule has 0 aliphatic carbocycles. The largest absolute Gasteiger partial charge is 0.373 e. The zero-order valence-electron chi connectivity index (χ0n) is 11.2. The third kappa shape index (κ3) is 4.20. The Kier molecular flexibility index (Phi) is 4.88. The van der Waals surface area contributed by atoms with Crippen molar-refractivity contribution in [2.75, 3.05) is 17.7 Å². The number of nitrogens with zero attached hydrogens (tertiary/aromatic N) is 2. The maximum atomic E-state index is 10.8. The minimum absolute atomic E-state index is 0.0357.